The summed E-state index contributed by atoms with van der Waals surface area (Å²) in [6.45, 7) is 5.89. The maximum Gasteiger partial charge on any atom is 0.0716 e. The van der Waals surface area contributed by atoms with Crippen molar-refractivity contribution in [3.8, 4) is 0 Å². The number of rotatable bonds is 8. The molecule has 0 bridgehead atoms. The van der Waals surface area contributed by atoms with Crippen LogP contribution in [0.5, 0.6) is 0 Å². The molecule has 15 heavy (non-hydrogen) atoms. The predicted octanol–water partition coefficient (Wildman–Crippen LogP) is 2.59. The largest absolute Gasteiger partial charge is 0.377 e. The highest BCUT2D eigenvalue weighted by molar-refractivity contribution is 5.13. The molecule has 2 nitrogen and oxygen atoms in total. The van der Waals surface area contributed by atoms with E-state index in [-0.39, 0.29) is 0 Å². The maximum absolute atomic E-state index is 5.57. The summed E-state index contributed by atoms with van der Waals surface area (Å²) < 4.78 is 5.57. The summed E-state index contributed by atoms with van der Waals surface area (Å²) in [5.41, 5.74) is 1.25. The minimum Gasteiger partial charge on any atom is -0.377 e. The molecule has 0 unspecified atom stereocenters. The second kappa shape index (κ2) is 8.45. The highest BCUT2D eigenvalue weighted by Crippen LogP contribution is 2.01. The molecule has 0 spiro atoms. The molecular weight excluding hydrogens is 186 g/mol. The van der Waals surface area contributed by atoms with Gasteiger partial charge >= 0.3 is 0 Å². The van der Waals surface area contributed by atoms with Crippen molar-refractivity contribution in [2.45, 2.75) is 26.4 Å². The fourth-order valence-electron chi connectivity index (χ4n) is 1.40. The zero-order valence-corrected chi connectivity index (χ0v) is 9.54. The molecule has 0 aliphatic heterocycles. The van der Waals surface area contributed by atoms with Crippen LogP contribution in [-0.4, -0.2) is 19.7 Å². The van der Waals surface area contributed by atoms with Gasteiger partial charge in [-0.05, 0) is 31.5 Å². The van der Waals surface area contributed by atoms with Gasteiger partial charge in [-0.25, -0.2) is 0 Å². The van der Waals surface area contributed by atoms with Crippen molar-refractivity contribution in [1.29, 1.82) is 0 Å². The average Bonchev–Trinajstić information content (AvgIpc) is 2.29. The Balaban J connectivity index is 1.93. The number of hydrogen-bond donors (Lipinski definition) is 1. The molecule has 1 N–H and O–H groups in total. The van der Waals surface area contributed by atoms with Crippen LogP contribution in [0.3, 0.4) is 0 Å². The minimum absolute atomic E-state index is 0.738. The molecule has 0 saturated heterocycles. The van der Waals surface area contributed by atoms with Gasteiger partial charge in [0.25, 0.3) is 0 Å². The SMILES string of the molecule is CCNCCCCOCc1ccccc1. The predicted molar refractivity (Wildman–Crippen MR) is 63.9 cm³/mol. The normalized spacial score (nSPS) is 10.5. The van der Waals surface area contributed by atoms with Gasteiger partial charge in [0, 0.05) is 6.61 Å². The molecule has 0 saturated carbocycles. The van der Waals surface area contributed by atoms with Gasteiger partial charge in [0.2, 0.25) is 0 Å². The zero-order valence-electron chi connectivity index (χ0n) is 9.54. The lowest BCUT2D eigenvalue weighted by atomic mass is 10.2. The Hall–Kier alpha value is -0.860. The monoisotopic (exact) mass is 207 g/mol. The van der Waals surface area contributed by atoms with Crippen molar-refractivity contribution in [3.05, 3.63) is 35.9 Å². The van der Waals surface area contributed by atoms with Crippen LogP contribution in [0.25, 0.3) is 0 Å². The van der Waals surface area contributed by atoms with E-state index in [1.54, 1.807) is 0 Å². The summed E-state index contributed by atoms with van der Waals surface area (Å²) in [6, 6.07) is 10.3. The topological polar surface area (TPSA) is 21.3 Å². The highest BCUT2D eigenvalue weighted by atomic mass is 16.5. The molecule has 0 aliphatic rings. The third kappa shape index (κ3) is 6.26. The molecule has 0 aliphatic carbocycles. The van der Waals surface area contributed by atoms with E-state index in [0.29, 0.717) is 0 Å². The van der Waals surface area contributed by atoms with Gasteiger partial charge in [-0.2, -0.15) is 0 Å². The summed E-state index contributed by atoms with van der Waals surface area (Å²) in [6.07, 6.45) is 2.34. The fourth-order valence-corrected chi connectivity index (χ4v) is 1.40. The van der Waals surface area contributed by atoms with Gasteiger partial charge in [-0.15, -0.1) is 0 Å². The van der Waals surface area contributed by atoms with E-state index in [0.717, 1.165) is 32.7 Å². The van der Waals surface area contributed by atoms with E-state index in [9.17, 15) is 0 Å². The van der Waals surface area contributed by atoms with Gasteiger partial charge in [0.1, 0.15) is 0 Å². The van der Waals surface area contributed by atoms with E-state index < -0.39 is 0 Å². The van der Waals surface area contributed by atoms with Crippen molar-refractivity contribution in [2.75, 3.05) is 19.7 Å². The quantitative estimate of drug-likeness (QED) is 0.662. The summed E-state index contributed by atoms with van der Waals surface area (Å²) in [5.74, 6) is 0. The Morgan fingerprint density at radius 1 is 1.13 bits per heavy atom. The summed E-state index contributed by atoms with van der Waals surface area (Å²) >= 11 is 0. The molecule has 0 radical (unpaired) electrons. The molecule has 0 amide bonds. The second-order valence-electron chi connectivity index (χ2n) is 3.60. The second-order valence-corrected chi connectivity index (χ2v) is 3.60. The maximum atomic E-state index is 5.57. The van der Waals surface area contributed by atoms with Crippen LogP contribution in [0.1, 0.15) is 25.3 Å². The van der Waals surface area contributed by atoms with E-state index in [1.165, 1.54) is 12.0 Å². The van der Waals surface area contributed by atoms with E-state index in [2.05, 4.69) is 24.4 Å². The van der Waals surface area contributed by atoms with Crippen LogP contribution >= 0.6 is 0 Å². The lowest BCUT2D eigenvalue weighted by Crippen LogP contribution is -2.14. The summed E-state index contributed by atoms with van der Waals surface area (Å²) in [5, 5.41) is 3.30. The number of ether oxygens (including phenoxy) is 1. The van der Waals surface area contributed by atoms with Crippen LogP contribution in [-0.2, 0) is 11.3 Å². The number of nitrogens with one attached hydrogen (secondary N) is 1. The first-order valence-corrected chi connectivity index (χ1v) is 5.76. The first-order chi connectivity index (χ1) is 7.43. The molecule has 1 aromatic carbocycles. The third-order valence-electron chi connectivity index (χ3n) is 2.25. The number of unbranched alkanes of at least 4 members (excludes halogenated alkanes) is 1. The van der Waals surface area contributed by atoms with Crippen molar-refractivity contribution < 1.29 is 4.74 Å². The van der Waals surface area contributed by atoms with Gasteiger partial charge in [0.15, 0.2) is 0 Å². The molecule has 0 heterocycles. The van der Waals surface area contributed by atoms with Crippen LogP contribution in [0.4, 0.5) is 0 Å². The first kappa shape index (κ1) is 12.2. The van der Waals surface area contributed by atoms with Gasteiger partial charge in [-0.1, -0.05) is 37.3 Å². The molecular formula is C13H21NO. The van der Waals surface area contributed by atoms with E-state index in [1.807, 2.05) is 18.2 Å². The molecule has 1 aromatic rings. The zero-order chi connectivity index (χ0) is 10.8. The molecule has 0 atom stereocenters. The van der Waals surface area contributed by atoms with Crippen LogP contribution in [0, 0.1) is 0 Å². The molecule has 1 rings (SSSR count). The average molecular weight is 207 g/mol. The molecule has 0 aromatic heterocycles. The van der Waals surface area contributed by atoms with Crippen molar-refractivity contribution >= 4 is 0 Å². The first-order valence-electron chi connectivity index (χ1n) is 5.76. The Kier molecular flexibility index (Phi) is 6.88. The van der Waals surface area contributed by atoms with Crippen LogP contribution in [0.15, 0.2) is 30.3 Å². The Morgan fingerprint density at radius 2 is 1.93 bits per heavy atom. The lowest BCUT2D eigenvalue weighted by molar-refractivity contribution is 0.117. The molecule has 2 heteroatoms. The Bertz CT molecular complexity index is 236. The summed E-state index contributed by atoms with van der Waals surface area (Å²) in [7, 11) is 0. The van der Waals surface area contributed by atoms with Gasteiger partial charge < -0.3 is 10.1 Å². The lowest BCUT2D eigenvalue weighted by Gasteiger charge is -2.04. The number of benzene rings is 1. The molecule has 0 fully saturated rings. The smallest absolute Gasteiger partial charge is 0.0716 e. The highest BCUT2D eigenvalue weighted by Gasteiger charge is 1.92. The van der Waals surface area contributed by atoms with Crippen molar-refractivity contribution in [2.24, 2.45) is 0 Å². The summed E-state index contributed by atoms with van der Waals surface area (Å²) in [4.78, 5) is 0. The Labute approximate surface area is 92.6 Å². The minimum atomic E-state index is 0.738. The van der Waals surface area contributed by atoms with Crippen molar-refractivity contribution in [3.63, 3.8) is 0 Å². The van der Waals surface area contributed by atoms with E-state index in [4.69, 9.17) is 4.74 Å². The molecule has 84 valence electrons. The van der Waals surface area contributed by atoms with Crippen LogP contribution < -0.4 is 5.32 Å². The third-order valence-corrected chi connectivity index (χ3v) is 2.25. The fraction of sp³-hybridized carbons (Fsp3) is 0.538. The van der Waals surface area contributed by atoms with E-state index >= 15 is 0 Å². The van der Waals surface area contributed by atoms with Gasteiger partial charge in [-0.3, -0.25) is 0 Å². The van der Waals surface area contributed by atoms with Gasteiger partial charge in [0.05, 0.1) is 6.61 Å². The van der Waals surface area contributed by atoms with Crippen LogP contribution in [0.2, 0.25) is 0 Å². The Morgan fingerprint density at radius 3 is 2.67 bits per heavy atom. The standard InChI is InChI=1S/C13H21NO/c1-2-14-10-6-7-11-15-12-13-8-4-3-5-9-13/h3-5,8-9,14H,2,6-7,10-12H2,1H3. The number of hydrogen-bond acceptors (Lipinski definition) is 2. The van der Waals surface area contributed by atoms with Crippen molar-refractivity contribution in [1.82, 2.24) is 5.32 Å².